The van der Waals surface area contributed by atoms with Crippen LogP contribution in [0.3, 0.4) is 0 Å². The maximum absolute atomic E-state index is 13.2. The molecule has 4 atom stereocenters. The quantitative estimate of drug-likeness (QED) is 0.0400. The molecule has 0 heterocycles. The van der Waals surface area contributed by atoms with Gasteiger partial charge >= 0.3 is 5.97 Å². The summed E-state index contributed by atoms with van der Waals surface area (Å²) in [6.45, 7) is 1.03. The number of benzene rings is 1. The Morgan fingerprint density at radius 1 is 0.773 bits per heavy atom. The first-order valence-electron chi connectivity index (χ1n) is 13.7. The van der Waals surface area contributed by atoms with E-state index in [1.165, 1.54) is 19.1 Å². The lowest BCUT2D eigenvalue weighted by Gasteiger charge is -2.24. The Labute approximate surface area is 254 Å². The molecule has 16 N–H and O–H groups in total. The van der Waals surface area contributed by atoms with E-state index in [0.717, 1.165) is 0 Å². The van der Waals surface area contributed by atoms with E-state index >= 15 is 0 Å². The van der Waals surface area contributed by atoms with Crippen LogP contribution in [0.2, 0.25) is 0 Å². The molecule has 0 aliphatic carbocycles. The largest absolute Gasteiger partial charge is 0.508 e. The van der Waals surface area contributed by atoms with Gasteiger partial charge in [-0.05, 0) is 56.7 Å². The number of carbonyl (C=O) groups excluding carboxylic acids is 4. The Bertz CT molecular complexity index is 1180. The Morgan fingerprint density at radius 3 is 1.77 bits per heavy atom. The van der Waals surface area contributed by atoms with Crippen molar-refractivity contribution in [2.75, 3.05) is 19.6 Å². The fraction of sp³-hybridized carbons (Fsp3) is 0.500. The van der Waals surface area contributed by atoms with Crippen LogP contribution in [-0.4, -0.2) is 95.5 Å². The number of carbonyl (C=O) groups is 5. The minimum absolute atomic E-state index is 0.0561. The predicted octanol–water partition coefficient (Wildman–Crippen LogP) is -3.96. The summed E-state index contributed by atoms with van der Waals surface area (Å²) in [6.07, 6.45) is 0.864. The van der Waals surface area contributed by atoms with Crippen LogP contribution in [0.5, 0.6) is 5.75 Å². The highest BCUT2D eigenvalue weighted by Gasteiger charge is 2.28. The molecule has 0 aliphatic heterocycles. The van der Waals surface area contributed by atoms with Crippen molar-refractivity contribution in [3.63, 3.8) is 0 Å². The van der Waals surface area contributed by atoms with Crippen LogP contribution in [0.15, 0.2) is 34.3 Å². The number of phenols is 1. The van der Waals surface area contributed by atoms with Gasteiger partial charge in [0.25, 0.3) is 0 Å². The molecule has 0 aromatic heterocycles. The van der Waals surface area contributed by atoms with Crippen LogP contribution < -0.4 is 49.9 Å². The summed E-state index contributed by atoms with van der Waals surface area (Å²) >= 11 is 0. The standard InChI is InChI=1S/C26H43N11O7/c1-14(21(41)36-18(4-2-10-32-25(28)29)23(43)34-13-20(39)40)35-24(44)19(5-3-11-33-26(30)31)37-22(42)17(27)12-15-6-8-16(38)9-7-15/h6-9,14,17-19,38H,2-5,10-13,27H2,1H3,(H,34,43)(H,35,44)(H,36,41)(H,37,42)(H,39,40)(H4,28,29,32)(H4,30,31,33)/t14-,17-,18-,19-/m0/s1. The molecule has 4 amide bonds. The van der Waals surface area contributed by atoms with Gasteiger partial charge in [0.05, 0.1) is 6.04 Å². The van der Waals surface area contributed by atoms with Crippen molar-refractivity contribution < 1.29 is 34.2 Å². The first kappa shape index (κ1) is 36.9. The van der Waals surface area contributed by atoms with Crippen molar-refractivity contribution in [1.29, 1.82) is 0 Å². The smallest absolute Gasteiger partial charge is 0.322 e. The lowest BCUT2D eigenvalue weighted by Crippen LogP contribution is -2.57. The molecule has 0 spiro atoms. The van der Waals surface area contributed by atoms with Gasteiger partial charge in [-0.1, -0.05) is 12.1 Å². The number of amides is 4. The van der Waals surface area contributed by atoms with Crippen molar-refractivity contribution in [2.24, 2.45) is 38.7 Å². The average molecular weight is 622 g/mol. The van der Waals surface area contributed by atoms with Crippen LogP contribution in [0.4, 0.5) is 0 Å². The van der Waals surface area contributed by atoms with Gasteiger partial charge in [0.15, 0.2) is 11.9 Å². The zero-order valence-corrected chi connectivity index (χ0v) is 24.5. The second-order valence-corrected chi connectivity index (χ2v) is 9.84. The summed E-state index contributed by atoms with van der Waals surface area (Å²) in [7, 11) is 0. The molecular formula is C26H43N11O7. The van der Waals surface area contributed by atoms with Gasteiger partial charge in [-0.2, -0.15) is 0 Å². The normalized spacial score (nSPS) is 13.2. The van der Waals surface area contributed by atoms with E-state index in [0.29, 0.717) is 12.0 Å². The third-order valence-electron chi connectivity index (χ3n) is 6.05. The molecule has 0 saturated carbocycles. The number of nitrogens with zero attached hydrogens (tertiary/aromatic N) is 2. The van der Waals surface area contributed by atoms with E-state index in [1.807, 2.05) is 0 Å². The number of nitrogens with one attached hydrogen (secondary N) is 4. The number of hydrogen-bond acceptors (Lipinski definition) is 9. The van der Waals surface area contributed by atoms with Crippen molar-refractivity contribution in [3.05, 3.63) is 29.8 Å². The highest BCUT2D eigenvalue weighted by molar-refractivity contribution is 5.95. The Balaban J connectivity index is 2.92. The molecule has 1 aromatic carbocycles. The van der Waals surface area contributed by atoms with Gasteiger partial charge in [0.1, 0.15) is 30.4 Å². The van der Waals surface area contributed by atoms with Crippen LogP contribution in [0, 0.1) is 0 Å². The highest BCUT2D eigenvalue weighted by atomic mass is 16.4. The second-order valence-electron chi connectivity index (χ2n) is 9.84. The number of carboxylic acids is 1. The molecule has 0 fully saturated rings. The molecule has 0 aliphatic rings. The monoisotopic (exact) mass is 621 g/mol. The molecule has 44 heavy (non-hydrogen) atoms. The topological polar surface area (TPSA) is 329 Å². The number of hydrogen-bond donors (Lipinski definition) is 11. The molecular weight excluding hydrogens is 578 g/mol. The van der Waals surface area contributed by atoms with E-state index in [4.69, 9.17) is 33.8 Å². The molecule has 1 aromatic rings. The number of aliphatic carboxylic acids is 1. The second kappa shape index (κ2) is 19.1. The SMILES string of the molecule is C[C@H](NC(=O)[C@H](CCCN=C(N)N)NC(=O)[C@@H](N)Cc1ccc(O)cc1)C(=O)N[C@@H](CCCN=C(N)N)C(=O)NCC(=O)O. The Hall–Kier alpha value is -5.13. The molecule has 1 rings (SSSR count). The molecule has 0 unspecified atom stereocenters. The molecule has 18 heteroatoms. The number of nitrogens with two attached hydrogens (primary N) is 5. The maximum atomic E-state index is 13.2. The summed E-state index contributed by atoms with van der Waals surface area (Å²) < 4.78 is 0. The van der Waals surface area contributed by atoms with Crippen LogP contribution in [-0.2, 0) is 30.4 Å². The highest BCUT2D eigenvalue weighted by Crippen LogP contribution is 2.11. The summed E-state index contributed by atoms with van der Waals surface area (Å²) in [6, 6.07) is 1.66. The van der Waals surface area contributed by atoms with Crippen molar-refractivity contribution in [1.82, 2.24) is 21.3 Å². The van der Waals surface area contributed by atoms with E-state index in [-0.39, 0.29) is 56.4 Å². The summed E-state index contributed by atoms with van der Waals surface area (Å²) in [5.41, 5.74) is 28.0. The molecule has 0 radical (unpaired) electrons. The lowest BCUT2D eigenvalue weighted by molar-refractivity contribution is -0.138. The van der Waals surface area contributed by atoms with Crippen LogP contribution in [0.25, 0.3) is 0 Å². The molecule has 0 saturated heterocycles. The summed E-state index contributed by atoms with van der Waals surface area (Å²) in [5, 5.41) is 28.1. The minimum atomic E-state index is -1.28. The third kappa shape index (κ3) is 15.2. The summed E-state index contributed by atoms with van der Waals surface area (Å²) in [5.74, 6) is -4.35. The average Bonchev–Trinajstić information content (AvgIpc) is 2.95. The fourth-order valence-electron chi connectivity index (χ4n) is 3.76. The number of carboxylic acid groups (broad SMARTS) is 1. The van der Waals surface area contributed by atoms with Gasteiger partial charge in [-0.3, -0.25) is 34.0 Å². The van der Waals surface area contributed by atoms with Crippen molar-refractivity contribution in [2.45, 2.75) is 63.2 Å². The predicted molar refractivity (Wildman–Crippen MR) is 162 cm³/mol. The van der Waals surface area contributed by atoms with Crippen LogP contribution >= 0.6 is 0 Å². The number of guanidine groups is 2. The number of aromatic hydroxyl groups is 1. The Morgan fingerprint density at radius 2 is 1.27 bits per heavy atom. The first-order chi connectivity index (χ1) is 20.7. The molecule has 0 bridgehead atoms. The van der Waals surface area contributed by atoms with Crippen molar-refractivity contribution in [3.8, 4) is 5.75 Å². The third-order valence-corrected chi connectivity index (χ3v) is 6.05. The van der Waals surface area contributed by atoms with Gasteiger partial charge < -0.3 is 60.1 Å². The van der Waals surface area contributed by atoms with E-state index in [1.54, 1.807) is 12.1 Å². The van der Waals surface area contributed by atoms with E-state index in [2.05, 4.69) is 31.3 Å². The number of rotatable bonds is 19. The maximum Gasteiger partial charge on any atom is 0.322 e. The van der Waals surface area contributed by atoms with E-state index in [9.17, 15) is 29.1 Å². The molecule has 18 nitrogen and oxygen atoms in total. The van der Waals surface area contributed by atoms with Gasteiger partial charge in [0, 0.05) is 13.1 Å². The minimum Gasteiger partial charge on any atom is -0.508 e. The van der Waals surface area contributed by atoms with E-state index < -0.39 is 60.3 Å². The molecule has 244 valence electrons. The lowest BCUT2D eigenvalue weighted by atomic mass is 10.0. The fourth-order valence-corrected chi connectivity index (χ4v) is 3.76. The van der Waals surface area contributed by atoms with Crippen LogP contribution in [0.1, 0.15) is 38.2 Å². The number of aliphatic imine (C=N–C) groups is 2. The van der Waals surface area contributed by atoms with Gasteiger partial charge in [0.2, 0.25) is 23.6 Å². The summed E-state index contributed by atoms with van der Waals surface area (Å²) in [4.78, 5) is 70.0. The zero-order chi connectivity index (χ0) is 33.2. The first-order valence-corrected chi connectivity index (χ1v) is 13.7. The number of phenolic OH excluding ortho intramolecular Hbond substituents is 1. The Kier molecular flexibility index (Phi) is 16.0. The zero-order valence-electron chi connectivity index (χ0n) is 24.5. The van der Waals surface area contributed by atoms with Crippen molar-refractivity contribution >= 4 is 41.5 Å². The van der Waals surface area contributed by atoms with Gasteiger partial charge in [-0.15, -0.1) is 0 Å². The van der Waals surface area contributed by atoms with Gasteiger partial charge in [-0.25, -0.2) is 0 Å².